The van der Waals surface area contributed by atoms with Gasteiger partial charge < -0.3 is 64.2 Å². The molecule has 0 aromatic heterocycles. The number of cyclic esters (lactones) is 1. The van der Waals surface area contributed by atoms with Gasteiger partial charge >= 0.3 is 5.97 Å². The molecule has 18 atom stereocenters. The SMILES string of the molecule is CCC1OC(=O)C(C)C(O[C@H]2C[C@@](C)(OC)C(O)C(C)O2)C(C)C(O[C@@H]2OC(C)CC(N(C)C)C2O)[C@](C)(O)CC(C)CNC(C)C(O)[C@]1(C)O. The molecule has 0 amide bonds. The van der Waals surface area contributed by atoms with Crippen molar-refractivity contribution in [3.63, 3.8) is 0 Å². The minimum Gasteiger partial charge on any atom is -0.459 e. The van der Waals surface area contributed by atoms with E-state index in [1.54, 1.807) is 41.5 Å². The number of hydrogen-bond donors (Lipinski definition) is 6. The standard InChI is InChI=1S/C37H70N2O12/c1-14-26-37(10,45)30(41)23(6)38-18-19(2)16-35(8,44)32(51-34-28(40)25(39(11)12)15-20(3)47-34)21(4)29(22(5)33(43)49-26)50-27-17-36(9,46-13)31(42)24(7)48-27/h19-32,34,38,40-42,44-45H,14-18H2,1-13H3/t19?,20?,21?,22?,23?,24?,25?,26?,27-,28?,29?,30?,31?,32?,34-,35+,36+,37+/m0/s1. The second-order valence-electron chi connectivity index (χ2n) is 16.7. The number of hydrogen-bond acceptors (Lipinski definition) is 14. The van der Waals surface area contributed by atoms with E-state index in [1.165, 1.54) is 14.0 Å². The summed E-state index contributed by atoms with van der Waals surface area (Å²) in [5, 5.41) is 60.9. The van der Waals surface area contributed by atoms with Gasteiger partial charge in [-0.2, -0.15) is 0 Å². The Morgan fingerprint density at radius 3 is 2.14 bits per heavy atom. The summed E-state index contributed by atoms with van der Waals surface area (Å²) >= 11 is 0. The number of ether oxygens (including phenoxy) is 6. The highest BCUT2D eigenvalue weighted by Crippen LogP contribution is 2.40. The van der Waals surface area contributed by atoms with Gasteiger partial charge in [-0.05, 0) is 94.3 Å². The van der Waals surface area contributed by atoms with Gasteiger partial charge in [-0.25, -0.2) is 0 Å². The minimum atomic E-state index is -1.80. The van der Waals surface area contributed by atoms with Crippen LogP contribution in [0.25, 0.3) is 0 Å². The first-order valence-corrected chi connectivity index (χ1v) is 18.8. The fraction of sp³-hybridized carbons (Fsp3) is 0.973. The summed E-state index contributed by atoms with van der Waals surface area (Å²) in [6, 6.07) is -0.858. The molecule has 3 heterocycles. The smallest absolute Gasteiger partial charge is 0.311 e. The lowest BCUT2D eigenvalue weighted by Crippen LogP contribution is -2.60. The number of methoxy groups -OCH3 is 1. The van der Waals surface area contributed by atoms with E-state index in [9.17, 15) is 30.3 Å². The number of nitrogens with zero attached hydrogens (tertiary/aromatic N) is 1. The molecule has 14 heteroatoms. The molecule has 0 radical (unpaired) electrons. The molecule has 0 bridgehead atoms. The van der Waals surface area contributed by atoms with Gasteiger partial charge in [0, 0.05) is 31.5 Å². The average Bonchev–Trinajstić information content (AvgIpc) is 3.05. The van der Waals surface area contributed by atoms with Crippen molar-refractivity contribution < 1.29 is 58.7 Å². The van der Waals surface area contributed by atoms with Gasteiger partial charge in [-0.1, -0.05) is 20.8 Å². The zero-order chi connectivity index (χ0) is 38.8. The van der Waals surface area contributed by atoms with Crippen molar-refractivity contribution in [2.24, 2.45) is 17.8 Å². The molecule has 0 aliphatic carbocycles. The van der Waals surface area contributed by atoms with Crippen LogP contribution in [0.1, 0.15) is 94.9 Å². The first-order valence-electron chi connectivity index (χ1n) is 18.8. The number of carbonyl (C=O) groups excluding carboxylic acids is 1. The largest absolute Gasteiger partial charge is 0.459 e. The van der Waals surface area contributed by atoms with E-state index in [-0.39, 0.29) is 37.3 Å². The summed E-state index contributed by atoms with van der Waals surface area (Å²) in [7, 11) is 5.27. The van der Waals surface area contributed by atoms with Gasteiger partial charge in [0.05, 0.1) is 41.5 Å². The molecular weight excluding hydrogens is 664 g/mol. The molecule has 14 nitrogen and oxygen atoms in total. The molecule has 0 spiro atoms. The Bertz CT molecular complexity index is 1110. The van der Waals surface area contributed by atoms with Crippen LogP contribution in [0.5, 0.6) is 0 Å². The summed E-state index contributed by atoms with van der Waals surface area (Å²) < 4.78 is 37.4. The molecule has 0 aromatic rings. The molecule has 3 aliphatic rings. The van der Waals surface area contributed by atoms with Crippen LogP contribution in [0.3, 0.4) is 0 Å². The fourth-order valence-corrected chi connectivity index (χ4v) is 8.36. The van der Waals surface area contributed by atoms with Crippen LogP contribution in [-0.4, -0.2) is 154 Å². The third kappa shape index (κ3) is 10.2. The van der Waals surface area contributed by atoms with Crippen molar-refractivity contribution in [3.05, 3.63) is 0 Å². The van der Waals surface area contributed by atoms with Crippen LogP contribution in [0.4, 0.5) is 0 Å². The molecule has 0 aromatic carbocycles. The van der Waals surface area contributed by atoms with Gasteiger partial charge in [-0.3, -0.25) is 4.79 Å². The predicted octanol–water partition coefficient (Wildman–Crippen LogP) is 1.56. The molecule has 6 N–H and O–H groups in total. The van der Waals surface area contributed by atoms with Gasteiger partial charge in [0.2, 0.25) is 0 Å². The second-order valence-corrected chi connectivity index (χ2v) is 16.7. The van der Waals surface area contributed by atoms with E-state index in [2.05, 4.69) is 5.32 Å². The normalized spacial score (nSPS) is 49.9. The number of rotatable bonds is 7. The molecule has 300 valence electrons. The third-order valence-corrected chi connectivity index (χ3v) is 11.7. The zero-order valence-electron chi connectivity index (χ0n) is 33.2. The Balaban J connectivity index is 2.15. The lowest BCUT2D eigenvalue weighted by molar-refractivity contribution is -0.318. The van der Waals surface area contributed by atoms with Crippen LogP contribution >= 0.6 is 0 Å². The van der Waals surface area contributed by atoms with Gasteiger partial charge in [0.1, 0.15) is 30.0 Å². The number of carbonyl (C=O) groups is 1. The lowest BCUT2D eigenvalue weighted by atomic mass is 9.77. The van der Waals surface area contributed by atoms with E-state index >= 15 is 0 Å². The zero-order valence-corrected chi connectivity index (χ0v) is 33.2. The monoisotopic (exact) mass is 734 g/mol. The van der Waals surface area contributed by atoms with E-state index in [4.69, 9.17) is 28.4 Å². The Morgan fingerprint density at radius 1 is 0.941 bits per heavy atom. The molecule has 3 aliphatic heterocycles. The van der Waals surface area contributed by atoms with Crippen molar-refractivity contribution in [1.29, 1.82) is 0 Å². The molecule has 0 saturated carbocycles. The van der Waals surface area contributed by atoms with Crippen molar-refractivity contribution in [1.82, 2.24) is 10.2 Å². The minimum absolute atomic E-state index is 0.132. The van der Waals surface area contributed by atoms with Crippen molar-refractivity contribution >= 4 is 5.97 Å². The quantitative estimate of drug-likeness (QED) is 0.207. The number of aliphatic hydroxyl groups is 5. The molecule has 3 fully saturated rings. The topological polar surface area (TPSA) is 189 Å². The highest BCUT2D eigenvalue weighted by molar-refractivity contribution is 5.73. The fourth-order valence-electron chi connectivity index (χ4n) is 8.36. The van der Waals surface area contributed by atoms with Gasteiger partial charge in [0.15, 0.2) is 12.6 Å². The maximum atomic E-state index is 14.1. The molecule has 51 heavy (non-hydrogen) atoms. The van der Waals surface area contributed by atoms with Gasteiger partial charge in [-0.15, -0.1) is 0 Å². The summed E-state index contributed by atoms with van der Waals surface area (Å²) in [4.78, 5) is 16.1. The molecule has 13 unspecified atom stereocenters. The van der Waals surface area contributed by atoms with Crippen molar-refractivity contribution in [2.75, 3.05) is 27.7 Å². The maximum Gasteiger partial charge on any atom is 0.311 e. The van der Waals surface area contributed by atoms with E-state index in [0.29, 0.717) is 13.0 Å². The summed E-state index contributed by atoms with van der Waals surface area (Å²) in [5.41, 5.74) is -4.37. The lowest BCUT2D eigenvalue weighted by Gasteiger charge is -2.48. The highest BCUT2D eigenvalue weighted by atomic mass is 16.7. The Kier molecular flexibility index (Phi) is 15.3. The first-order chi connectivity index (χ1) is 23.5. The third-order valence-electron chi connectivity index (χ3n) is 11.7. The number of nitrogens with one attached hydrogen (secondary N) is 1. The highest BCUT2D eigenvalue weighted by Gasteiger charge is 2.52. The van der Waals surface area contributed by atoms with Crippen LogP contribution in [0, 0.1) is 17.8 Å². The van der Waals surface area contributed by atoms with Crippen LogP contribution in [0.15, 0.2) is 0 Å². The molecular formula is C37H70N2O12. The summed E-state index contributed by atoms with van der Waals surface area (Å²) in [5.74, 6) is -2.60. The first kappa shape index (κ1) is 44.4. The Labute approximate surface area is 305 Å². The number of likely N-dealkylation sites (N-methyl/N-ethyl adjacent to an activating group) is 1. The van der Waals surface area contributed by atoms with Gasteiger partial charge in [0.25, 0.3) is 0 Å². The average molecular weight is 735 g/mol. The Hall–Kier alpha value is -1.01. The van der Waals surface area contributed by atoms with E-state index in [0.717, 1.165) is 0 Å². The molecule has 3 saturated heterocycles. The number of esters is 1. The second kappa shape index (κ2) is 17.6. The summed E-state index contributed by atoms with van der Waals surface area (Å²) in [6.45, 7) is 17.8. The maximum absolute atomic E-state index is 14.1. The molecule has 3 rings (SSSR count). The van der Waals surface area contributed by atoms with E-state index in [1.807, 2.05) is 39.8 Å². The number of aliphatic hydroxyl groups excluding tert-OH is 3. The predicted molar refractivity (Wildman–Crippen MR) is 190 cm³/mol. The summed E-state index contributed by atoms with van der Waals surface area (Å²) in [6.07, 6.45) is -8.22. The van der Waals surface area contributed by atoms with Crippen molar-refractivity contribution in [2.45, 2.75) is 185 Å². The van der Waals surface area contributed by atoms with Crippen LogP contribution in [0.2, 0.25) is 0 Å². The van der Waals surface area contributed by atoms with E-state index < -0.39 is 96.0 Å². The van der Waals surface area contributed by atoms with Crippen LogP contribution in [-0.2, 0) is 33.2 Å². The Morgan fingerprint density at radius 2 is 1.57 bits per heavy atom. The van der Waals surface area contributed by atoms with Crippen molar-refractivity contribution in [3.8, 4) is 0 Å². The van der Waals surface area contributed by atoms with Crippen LogP contribution < -0.4 is 5.32 Å².